The molecule has 0 spiro atoms. The fraction of sp³-hybridized carbons (Fsp3) is 0.278. The molecule has 1 aliphatic rings. The van der Waals surface area contributed by atoms with Crippen molar-refractivity contribution < 1.29 is 4.79 Å². The van der Waals surface area contributed by atoms with Crippen LogP contribution in [0.3, 0.4) is 0 Å². The van der Waals surface area contributed by atoms with Crippen LogP contribution in [0.25, 0.3) is 5.69 Å². The summed E-state index contributed by atoms with van der Waals surface area (Å²) < 4.78 is 1.80. The van der Waals surface area contributed by atoms with Gasteiger partial charge in [0.25, 0.3) is 0 Å². The highest BCUT2D eigenvalue weighted by Crippen LogP contribution is 2.42. The SMILES string of the molecule is Cc1ccccc1-n1nc(C)c2c1NC(=O)CC2c1n[nH]c(C)c1Cl. The van der Waals surface area contributed by atoms with Crippen molar-refractivity contribution in [1.82, 2.24) is 20.0 Å². The van der Waals surface area contributed by atoms with E-state index in [0.29, 0.717) is 23.0 Å². The number of nitrogens with one attached hydrogen (secondary N) is 2. The van der Waals surface area contributed by atoms with Crippen molar-refractivity contribution in [2.75, 3.05) is 5.32 Å². The van der Waals surface area contributed by atoms with Crippen LogP contribution in [0, 0.1) is 20.8 Å². The molecule has 25 heavy (non-hydrogen) atoms. The number of H-pyrrole nitrogens is 1. The summed E-state index contributed by atoms with van der Waals surface area (Å²) in [6.07, 6.45) is 0.303. The molecule has 2 aromatic heterocycles. The standard InChI is InChI=1S/C18H18ClN5O/c1-9-6-4-5-7-13(9)24-18-15(10(2)23-24)12(8-14(25)20-18)17-16(19)11(3)21-22-17/h4-7,12H,8H2,1-3H3,(H,20,25)(H,21,22). The highest BCUT2D eigenvalue weighted by molar-refractivity contribution is 6.32. The lowest BCUT2D eigenvalue weighted by atomic mass is 9.89. The Hall–Kier alpha value is -2.60. The zero-order chi connectivity index (χ0) is 17.7. The summed E-state index contributed by atoms with van der Waals surface area (Å²) in [5.74, 6) is 0.424. The Balaban J connectivity index is 1.93. The van der Waals surface area contributed by atoms with Gasteiger partial charge in [-0.2, -0.15) is 10.2 Å². The number of amides is 1. The number of carbonyl (C=O) groups is 1. The Morgan fingerprint density at radius 2 is 2.00 bits per heavy atom. The minimum Gasteiger partial charge on any atom is -0.310 e. The predicted molar refractivity (Wildman–Crippen MR) is 96.5 cm³/mol. The van der Waals surface area contributed by atoms with Gasteiger partial charge in [0.05, 0.1) is 27.8 Å². The number of rotatable bonds is 2. The van der Waals surface area contributed by atoms with Crippen LogP contribution >= 0.6 is 11.6 Å². The fourth-order valence-corrected chi connectivity index (χ4v) is 3.64. The molecule has 3 aromatic rings. The van der Waals surface area contributed by atoms with E-state index < -0.39 is 0 Å². The number of aromatic nitrogens is 4. The molecule has 1 unspecified atom stereocenters. The topological polar surface area (TPSA) is 75.6 Å². The Kier molecular flexibility index (Phi) is 3.65. The van der Waals surface area contributed by atoms with Gasteiger partial charge < -0.3 is 5.32 Å². The van der Waals surface area contributed by atoms with Crippen molar-refractivity contribution in [2.45, 2.75) is 33.1 Å². The Morgan fingerprint density at radius 3 is 2.68 bits per heavy atom. The van der Waals surface area contributed by atoms with Gasteiger partial charge >= 0.3 is 0 Å². The van der Waals surface area contributed by atoms with Crippen LogP contribution in [0.2, 0.25) is 5.02 Å². The van der Waals surface area contributed by atoms with Crippen molar-refractivity contribution in [2.24, 2.45) is 0 Å². The van der Waals surface area contributed by atoms with Gasteiger partial charge in [-0.05, 0) is 32.4 Å². The van der Waals surface area contributed by atoms with E-state index in [2.05, 4.69) is 15.5 Å². The number of nitrogens with zero attached hydrogens (tertiary/aromatic N) is 3. The lowest BCUT2D eigenvalue weighted by Crippen LogP contribution is -2.25. The second-order valence-electron chi connectivity index (χ2n) is 6.40. The van der Waals surface area contributed by atoms with E-state index >= 15 is 0 Å². The summed E-state index contributed by atoms with van der Waals surface area (Å²) in [7, 11) is 0. The molecule has 0 saturated heterocycles. The number of aromatic amines is 1. The molecule has 0 aliphatic carbocycles. The molecule has 1 atom stereocenters. The third-order valence-electron chi connectivity index (χ3n) is 4.67. The van der Waals surface area contributed by atoms with Gasteiger partial charge in [-0.25, -0.2) is 4.68 Å². The maximum absolute atomic E-state index is 12.4. The van der Waals surface area contributed by atoms with Crippen LogP contribution in [-0.2, 0) is 4.79 Å². The van der Waals surface area contributed by atoms with Crippen LogP contribution in [-0.4, -0.2) is 25.9 Å². The number of hydrogen-bond donors (Lipinski definition) is 2. The molecule has 2 N–H and O–H groups in total. The highest BCUT2D eigenvalue weighted by atomic mass is 35.5. The molecule has 1 aromatic carbocycles. The second-order valence-corrected chi connectivity index (χ2v) is 6.78. The van der Waals surface area contributed by atoms with Crippen molar-refractivity contribution >= 4 is 23.3 Å². The highest BCUT2D eigenvalue weighted by Gasteiger charge is 2.35. The lowest BCUT2D eigenvalue weighted by molar-refractivity contribution is -0.116. The Bertz CT molecular complexity index is 988. The maximum atomic E-state index is 12.4. The monoisotopic (exact) mass is 355 g/mol. The van der Waals surface area contributed by atoms with Crippen molar-refractivity contribution in [3.05, 3.63) is 57.5 Å². The maximum Gasteiger partial charge on any atom is 0.226 e. The average Bonchev–Trinajstić information content (AvgIpc) is 3.08. The first-order valence-electron chi connectivity index (χ1n) is 8.13. The predicted octanol–water partition coefficient (Wildman–Crippen LogP) is 3.65. The van der Waals surface area contributed by atoms with Gasteiger partial charge in [0.1, 0.15) is 5.82 Å². The molecule has 128 valence electrons. The van der Waals surface area contributed by atoms with Crippen molar-refractivity contribution in [1.29, 1.82) is 0 Å². The number of fused-ring (bicyclic) bond motifs is 1. The van der Waals surface area contributed by atoms with Crippen molar-refractivity contribution in [3.8, 4) is 5.69 Å². The Labute approximate surface area is 150 Å². The summed E-state index contributed by atoms with van der Waals surface area (Å²) in [6.45, 7) is 5.84. The van der Waals surface area contributed by atoms with Crippen LogP contribution in [0.15, 0.2) is 24.3 Å². The molecule has 7 heteroatoms. The summed E-state index contributed by atoms with van der Waals surface area (Å²) in [5.41, 5.74) is 5.35. The summed E-state index contributed by atoms with van der Waals surface area (Å²) in [6, 6.07) is 7.95. The number of aryl methyl sites for hydroxylation is 3. The number of para-hydroxylation sites is 1. The fourth-order valence-electron chi connectivity index (χ4n) is 3.42. The normalized spacial score (nSPS) is 16.6. The molecule has 0 radical (unpaired) electrons. The smallest absolute Gasteiger partial charge is 0.226 e. The molecule has 1 aliphatic heterocycles. The van der Waals surface area contributed by atoms with E-state index in [1.165, 1.54) is 0 Å². The lowest BCUT2D eigenvalue weighted by Gasteiger charge is -2.23. The van der Waals surface area contributed by atoms with Crippen LogP contribution in [0.5, 0.6) is 0 Å². The first-order chi connectivity index (χ1) is 12.0. The number of benzene rings is 1. The zero-order valence-electron chi connectivity index (χ0n) is 14.2. The molecule has 4 rings (SSSR count). The Morgan fingerprint density at radius 1 is 1.24 bits per heavy atom. The van der Waals surface area contributed by atoms with E-state index in [1.807, 2.05) is 45.0 Å². The van der Waals surface area contributed by atoms with Gasteiger partial charge in [0, 0.05) is 17.9 Å². The molecule has 0 saturated carbocycles. The van der Waals surface area contributed by atoms with Gasteiger partial charge in [-0.15, -0.1) is 0 Å². The molecule has 0 fully saturated rings. The van der Waals surface area contributed by atoms with E-state index in [0.717, 1.165) is 28.2 Å². The summed E-state index contributed by atoms with van der Waals surface area (Å²) in [4.78, 5) is 12.4. The average molecular weight is 356 g/mol. The molecular formula is C18H18ClN5O. The molecule has 0 bridgehead atoms. The number of anilines is 1. The molecular weight excluding hydrogens is 338 g/mol. The van der Waals surface area contributed by atoms with Crippen LogP contribution in [0.1, 0.15) is 40.5 Å². The summed E-state index contributed by atoms with van der Waals surface area (Å²) >= 11 is 6.41. The van der Waals surface area contributed by atoms with Gasteiger partial charge in [0.15, 0.2) is 0 Å². The summed E-state index contributed by atoms with van der Waals surface area (Å²) in [5, 5.41) is 15.5. The molecule has 6 nitrogen and oxygen atoms in total. The van der Waals surface area contributed by atoms with Crippen LogP contribution in [0.4, 0.5) is 5.82 Å². The van der Waals surface area contributed by atoms with Gasteiger partial charge in [0.2, 0.25) is 5.91 Å². The second kappa shape index (κ2) is 5.74. The number of halogens is 1. The van der Waals surface area contributed by atoms with E-state index in [9.17, 15) is 4.79 Å². The molecule has 1 amide bonds. The van der Waals surface area contributed by atoms with Crippen molar-refractivity contribution in [3.63, 3.8) is 0 Å². The molecule has 3 heterocycles. The van der Waals surface area contributed by atoms with E-state index in [4.69, 9.17) is 16.7 Å². The minimum atomic E-state index is -0.209. The largest absolute Gasteiger partial charge is 0.310 e. The van der Waals surface area contributed by atoms with E-state index in [-0.39, 0.29) is 11.8 Å². The van der Waals surface area contributed by atoms with Gasteiger partial charge in [-0.3, -0.25) is 9.89 Å². The minimum absolute atomic E-state index is 0.0658. The van der Waals surface area contributed by atoms with Gasteiger partial charge in [-0.1, -0.05) is 29.8 Å². The third-order valence-corrected chi connectivity index (χ3v) is 5.15. The van der Waals surface area contributed by atoms with E-state index in [1.54, 1.807) is 4.68 Å². The first kappa shape index (κ1) is 15.9. The zero-order valence-corrected chi connectivity index (χ0v) is 15.0. The number of hydrogen-bond acceptors (Lipinski definition) is 3. The van der Waals surface area contributed by atoms with Crippen LogP contribution < -0.4 is 5.32 Å². The quantitative estimate of drug-likeness (QED) is 0.736. The third kappa shape index (κ3) is 2.44. The first-order valence-corrected chi connectivity index (χ1v) is 8.51. The number of carbonyl (C=O) groups excluding carboxylic acids is 1.